The molecule has 6 heteroatoms. The molecule has 0 spiro atoms. The molecule has 0 heterocycles. The van der Waals surface area contributed by atoms with Crippen LogP contribution in [0.2, 0.25) is 5.02 Å². The number of hydrogen-bond donors (Lipinski definition) is 2. The van der Waals surface area contributed by atoms with Crippen LogP contribution in [0.4, 0.5) is 11.4 Å². The first-order chi connectivity index (χ1) is 7.91. The minimum Gasteiger partial charge on any atom is -0.378 e. The first-order valence-corrected chi connectivity index (χ1v) is 5.73. The molecular formula is C11H16ClN3O2. The van der Waals surface area contributed by atoms with Gasteiger partial charge in [0.15, 0.2) is 0 Å². The van der Waals surface area contributed by atoms with Crippen LogP contribution in [0.5, 0.6) is 0 Å². The molecule has 0 aliphatic carbocycles. The van der Waals surface area contributed by atoms with Crippen LogP contribution in [0.3, 0.4) is 0 Å². The fourth-order valence-electron chi connectivity index (χ4n) is 1.27. The number of rotatable bonds is 5. The summed E-state index contributed by atoms with van der Waals surface area (Å²) in [6.45, 7) is 4.49. The van der Waals surface area contributed by atoms with Crippen molar-refractivity contribution in [1.82, 2.24) is 0 Å². The molecule has 0 fully saturated rings. The van der Waals surface area contributed by atoms with E-state index in [-0.39, 0.29) is 11.7 Å². The second-order valence-corrected chi connectivity index (χ2v) is 4.64. The number of nitrogens with two attached hydrogens (primary N) is 1. The average molecular weight is 258 g/mol. The third kappa shape index (κ3) is 3.87. The van der Waals surface area contributed by atoms with Crippen molar-refractivity contribution in [3.05, 3.63) is 33.3 Å². The summed E-state index contributed by atoms with van der Waals surface area (Å²) in [6, 6.07) is 4.47. The predicted octanol–water partition coefficient (Wildman–Crippen LogP) is 2.64. The normalized spacial score (nSPS) is 12.5. The van der Waals surface area contributed by atoms with E-state index in [0.29, 0.717) is 23.2 Å². The number of halogens is 1. The molecule has 0 aliphatic heterocycles. The van der Waals surface area contributed by atoms with Crippen LogP contribution in [0.1, 0.15) is 13.8 Å². The number of nitro groups is 1. The molecule has 5 nitrogen and oxygen atoms in total. The number of anilines is 1. The van der Waals surface area contributed by atoms with E-state index in [0.717, 1.165) is 0 Å². The van der Waals surface area contributed by atoms with Gasteiger partial charge in [0, 0.05) is 23.7 Å². The zero-order valence-electron chi connectivity index (χ0n) is 9.81. The van der Waals surface area contributed by atoms with Gasteiger partial charge in [-0.2, -0.15) is 0 Å². The minimum atomic E-state index is -0.463. The minimum absolute atomic E-state index is 0.0338. The van der Waals surface area contributed by atoms with Gasteiger partial charge in [-0.15, -0.1) is 0 Å². The summed E-state index contributed by atoms with van der Waals surface area (Å²) in [6.07, 6.45) is 0. The lowest BCUT2D eigenvalue weighted by molar-refractivity contribution is -0.383. The highest BCUT2D eigenvalue weighted by molar-refractivity contribution is 6.30. The summed E-state index contributed by atoms with van der Waals surface area (Å²) < 4.78 is 0. The van der Waals surface area contributed by atoms with Gasteiger partial charge in [0.05, 0.1) is 4.92 Å². The predicted molar refractivity (Wildman–Crippen MR) is 69.4 cm³/mol. The van der Waals surface area contributed by atoms with Crippen LogP contribution in [-0.2, 0) is 0 Å². The summed E-state index contributed by atoms with van der Waals surface area (Å²) >= 11 is 5.72. The highest BCUT2D eigenvalue weighted by Gasteiger charge is 2.15. The molecule has 3 N–H and O–H groups in total. The second-order valence-electron chi connectivity index (χ2n) is 4.21. The number of benzene rings is 1. The van der Waals surface area contributed by atoms with E-state index >= 15 is 0 Å². The van der Waals surface area contributed by atoms with Gasteiger partial charge in [-0.3, -0.25) is 10.1 Å². The van der Waals surface area contributed by atoms with Crippen molar-refractivity contribution < 1.29 is 4.92 Å². The Hall–Kier alpha value is -1.33. The standard InChI is InChI=1S/C11H16ClN3O2/c1-7(2)9(13)6-14-10-4-3-8(12)5-11(10)15(16)17/h3-5,7,9,14H,6,13H2,1-2H3. The molecule has 1 atom stereocenters. The Bertz CT molecular complexity index is 410. The molecule has 0 radical (unpaired) electrons. The molecule has 0 saturated carbocycles. The number of hydrogen-bond acceptors (Lipinski definition) is 4. The maximum atomic E-state index is 10.8. The van der Waals surface area contributed by atoms with E-state index in [1.54, 1.807) is 12.1 Å². The molecule has 1 aromatic carbocycles. The second kappa shape index (κ2) is 5.84. The molecule has 1 unspecified atom stereocenters. The van der Waals surface area contributed by atoms with Gasteiger partial charge >= 0.3 is 0 Å². The van der Waals surface area contributed by atoms with E-state index in [1.807, 2.05) is 13.8 Å². The van der Waals surface area contributed by atoms with Crippen LogP contribution in [0.15, 0.2) is 18.2 Å². The van der Waals surface area contributed by atoms with Gasteiger partial charge in [-0.25, -0.2) is 0 Å². The molecular weight excluding hydrogens is 242 g/mol. The van der Waals surface area contributed by atoms with Gasteiger partial charge in [-0.05, 0) is 18.1 Å². The molecule has 94 valence electrons. The SMILES string of the molecule is CC(C)C(N)CNc1ccc(Cl)cc1[N+](=O)[O-]. The molecule has 0 amide bonds. The van der Waals surface area contributed by atoms with Gasteiger partial charge in [0.25, 0.3) is 5.69 Å². The third-order valence-corrected chi connectivity index (χ3v) is 2.78. The van der Waals surface area contributed by atoms with Crippen LogP contribution in [0.25, 0.3) is 0 Å². The lowest BCUT2D eigenvalue weighted by Gasteiger charge is -2.16. The first kappa shape index (κ1) is 13.7. The van der Waals surface area contributed by atoms with Crippen LogP contribution in [-0.4, -0.2) is 17.5 Å². The summed E-state index contributed by atoms with van der Waals surface area (Å²) in [5.41, 5.74) is 6.27. The Morgan fingerprint density at radius 2 is 2.18 bits per heavy atom. The average Bonchev–Trinajstić information content (AvgIpc) is 2.26. The fraction of sp³-hybridized carbons (Fsp3) is 0.455. The topological polar surface area (TPSA) is 81.2 Å². The van der Waals surface area contributed by atoms with E-state index in [9.17, 15) is 10.1 Å². The molecule has 0 bridgehead atoms. The van der Waals surface area contributed by atoms with Crippen molar-refractivity contribution in [2.24, 2.45) is 11.7 Å². The fourth-order valence-corrected chi connectivity index (χ4v) is 1.44. The molecule has 0 saturated heterocycles. The number of nitrogens with zero attached hydrogens (tertiary/aromatic N) is 1. The van der Waals surface area contributed by atoms with E-state index < -0.39 is 4.92 Å². The maximum Gasteiger partial charge on any atom is 0.293 e. The van der Waals surface area contributed by atoms with Gasteiger partial charge < -0.3 is 11.1 Å². The van der Waals surface area contributed by atoms with Crippen LogP contribution in [0, 0.1) is 16.0 Å². The van der Waals surface area contributed by atoms with Gasteiger partial charge in [0.1, 0.15) is 5.69 Å². The van der Waals surface area contributed by atoms with Crippen molar-refractivity contribution >= 4 is 23.0 Å². The Kier molecular flexibility index (Phi) is 4.72. The van der Waals surface area contributed by atoms with Crippen LogP contribution < -0.4 is 11.1 Å². The Morgan fingerprint density at radius 3 is 2.71 bits per heavy atom. The van der Waals surface area contributed by atoms with Gasteiger partial charge in [0.2, 0.25) is 0 Å². The van der Waals surface area contributed by atoms with Gasteiger partial charge in [-0.1, -0.05) is 25.4 Å². The molecule has 1 rings (SSSR count). The van der Waals surface area contributed by atoms with E-state index in [2.05, 4.69) is 5.32 Å². The smallest absolute Gasteiger partial charge is 0.293 e. The summed E-state index contributed by atoms with van der Waals surface area (Å²) in [7, 11) is 0. The summed E-state index contributed by atoms with van der Waals surface area (Å²) in [5.74, 6) is 0.314. The van der Waals surface area contributed by atoms with Crippen molar-refractivity contribution in [1.29, 1.82) is 0 Å². The largest absolute Gasteiger partial charge is 0.378 e. The van der Waals surface area contributed by atoms with E-state index in [4.69, 9.17) is 17.3 Å². The maximum absolute atomic E-state index is 10.8. The number of nitro benzene ring substituents is 1. The van der Waals surface area contributed by atoms with Crippen molar-refractivity contribution in [2.45, 2.75) is 19.9 Å². The zero-order chi connectivity index (χ0) is 13.0. The Labute approximate surface area is 105 Å². The summed E-state index contributed by atoms with van der Waals surface area (Å²) in [4.78, 5) is 10.4. The Morgan fingerprint density at radius 1 is 1.53 bits per heavy atom. The van der Waals surface area contributed by atoms with Crippen molar-refractivity contribution in [3.63, 3.8) is 0 Å². The van der Waals surface area contributed by atoms with E-state index in [1.165, 1.54) is 6.07 Å². The molecule has 17 heavy (non-hydrogen) atoms. The zero-order valence-corrected chi connectivity index (χ0v) is 10.6. The lowest BCUT2D eigenvalue weighted by atomic mass is 10.1. The monoisotopic (exact) mass is 257 g/mol. The Balaban J connectivity index is 2.80. The third-order valence-electron chi connectivity index (χ3n) is 2.54. The molecule has 0 aliphatic rings. The molecule has 0 aromatic heterocycles. The lowest BCUT2D eigenvalue weighted by Crippen LogP contribution is -2.34. The first-order valence-electron chi connectivity index (χ1n) is 5.35. The quantitative estimate of drug-likeness (QED) is 0.628. The van der Waals surface area contributed by atoms with Crippen LogP contribution >= 0.6 is 11.6 Å². The van der Waals surface area contributed by atoms with Crippen molar-refractivity contribution in [2.75, 3.05) is 11.9 Å². The summed E-state index contributed by atoms with van der Waals surface area (Å²) in [5, 5.41) is 14.1. The molecule has 1 aromatic rings. The van der Waals surface area contributed by atoms with Crippen molar-refractivity contribution in [3.8, 4) is 0 Å². The highest BCUT2D eigenvalue weighted by atomic mass is 35.5. The highest BCUT2D eigenvalue weighted by Crippen LogP contribution is 2.27. The number of nitrogens with one attached hydrogen (secondary N) is 1.